The van der Waals surface area contributed by atoms with Gasteiger partial charge in [0.2, 0.25) is 0 Å². The Balaban J connectivity index is 1.38. The molecule has 0 aromatic carbocycles. The number of fused-ring (bicyclic) bond motifs is 1. The van der Waals surface area contributed by atoms with Crippen LogP contribution in [0, 0.1) is 0 Å². The minimum Gasteiger partial charge on any atom is -0.308 e. The van der Waals surface area contributed by atoms with Crippen LogP contribution in [0.3, 0.4) is 0 Å². The molecular weight excluding hydrogens is 266 g/mol. The number of nitrogens with one attached hydrogen (secondary N) is 1. The Morgan fingerprint density at radius 3 is 3.15 bits per heavy atom. The van der Waals surface area contributed by atoms with Crippen LogP contribution in [0.25, 0.3) is 0 Å². The van der Waals surface area contributed by atoms with E-state index >= 15 is 0 Å². The Labute approximate surface area is 127 Å². The van der Waals surface area contributed by atoms with E-state index in [0.29, 0.717) is 6.04 Å². The first-order chi connectivity index (χ1) is 9.83. The van der Waals surface area contributed by atoms with Crippen LogP contribution >= 0.6 is 11.3 Å². The number of hydrogen-bond donors (Lipinski definition) is 1. The van der Waals surface area contributed by atoms with Crippen LogP contribution in [0.1, 0.15) is 37.1 Å². The van der Waals surface area contributed by atoms with E-state index in [1.165, 1.54) is 56.9 Å². The minimum atomic E-state index is 0.492. The van der Waals surface area contributed by atoms with Crippen molar-refractivity contribution in [2.75, 3.05) is 39.3 Å². The van der Waals surface area contributed by atoms with Crippen LogP contribution < -0.4 is 5.32 Å². The van der Waals surface area contributed by atoms with Crippen LogP contribution in [0.4, 0.5) is 0 Å². The summed E-state index contributed by atoms with van der Waals surface area (Å²) in [5, 5.41) is 5.82. The van der Waals surface area contributed by atoms with Crippen molar-refractivity contribution in [2.45, 2.75) is 38.3 Å². The summed E-state index contributed by atoms with van der Waals surface area (Å²) >= 11 is 1.85. The van der Waals surface area contributed by atoms with E-state index in [9.17, 15) is 0 Å². The molecule has 0 amide bonds. The SMILES string of the molecule is CC(NCCN1CCN2CCCCC2C1)c1cccs1. The zero-order chi connectivity index (χ0) is 13.8. The third-order valence-corrected chi connectivity index (χ3v) is 5.82. The summed E-state index contributed by atoms with van der Waals surface area (Å²) in [5.74, 6) is 0. The molecule has 2 unspecified atom stereocenters. The fourth-order valence-electron chi connectivity index (χ4n) is 3.50. The molecule has 20 heavy (non-hydrogen) atoms. The second-order valence-electron chi connectivity index (χ2n) is 6.18. The van der Waals surface area contributed by atoms with E-state index in [-0.39, 0.29) is 0 Å². The molecule has 2 atom stereocenters. The van der Waals surface area contributed by atoms with Crippen LogP contribution in [0.5, 0.6) is 0 Å². The Hall–Kier alpha value is -0.420. The summed E-state index contributed by atoms with van der Waals surface area (Å²) in [7, 11) is 0. The van der Waals surface area contributed by atoms with Gasteiger partial charge in [-0.15, -0.1) is 11.3 Å². The summed E-state index contributed by atoms with van der Waals surface area (Å²) in [4.78, 5) is 6.81. The fourth-order valence-corrected chi connectivity index (χ4v) is 4.26. The number of piperidine rings is 1. The molecule has 0 radical (unpaired) electrons. The van der Waals surface area contributed by atoms with Gasteiger partial charge in [-0.1, -0.05) is 12.5 Å². The normalized spacial score (nSPS) is 26.4. The molecule has 0 saturated carbocycles. The number of thiophene rings is 1. The summed E-state index contributed by atoms with van der Waals surface area (Å²) in [5.41, 5.74) is 0. The topological polar surface area (TPSA) is 18.5 Å². The van der Waals surface area contributed by atoms with Crippen molar-refractivity contribution in [2.24, 2.45) is 0 Å². The molecule has 2 saturated heterocycles. The van der Waals surface area contributed by atoms with Gasteiger partial charge in [0.25, 0.3) is 0 Å². The van der Waals surface area contributed by atoms with E-state index in [1.54, 1.807) is 0 Å². The van der Waals surface area contributed by atoms with E-state index in [1.807, 2.05) is 11.3 Å². The van der Waals surface area contributed by atoms with Crippen molar-refractivity contribution in [1.82, 2.24) is 15.1 Å². The Morgan fingerprint density at radius 1 is 1.35 bits per heavy atom. The first-order valence-electron chi connectivity index (χ1n) is 8.06. The summed E-state index contributed by atoms with van der Waals surface area (Å²) < 4.78 is 0. The zero-order valence-electron chi connectivity index (χ0n) is 12.6. The largest absolute Gasteiger partial charge is 0.308 e. The highest BCUT2D eigenvalue weighted by Gasteiger charge is 2.28. The van der Waals surface area contributed by atoms with Gasteiger partial charge in [0.05, 0.1) is 0 Å². The third kappa shape index (κ3) is 3.61. The van der Waals surface area contributed by atoms with Crippen molar-refractivity contribution >= 4 is 11.3 Å². The lowest BCUT2D eigenvalue weighted by Gasteiger charge is -2.44. The lowest BCUT2D eigenvalue weighted by molar-refractivity contribution is 0.0497. The van der Waals surface area contributed by atoms with Crippen molar-refractivity contribution in [1.29, 1.82) is 0 Å². The molecule has 1 aromatic rings. The average molecular weight is 293 g/mol. The van der Waals surface area contributed by atoms with Gasteiger partial charge in [-0.2, -0.15) is 0 Å². The second kappa shape index (κ2) is 7.03. The Bertz CT molecular complexity index is 392. The maximum Gasteiger partial charge on any atom is 0.0386 e. The standard InChI is InChI=1S/C16H27N3S/c1-14(16-6-4-12-20-16)17-7-9-18-10-11-19-8-3-2-5-15(19)13-18/h4,6,12,14-15,17H,2-3,5,7-11,13H2,1H3. The summed E-state index contributed by atoms with van der Waals surface area (Å²) in [6, 6.07) is 5.70. The molecule has 2 aliphatic heterocycles. The monoisotopic (exact) mass is 293 g/mol. The Kier molecular flexibility index (Phi) is 5.10. The molecule has 0 bridgehead atoms. The van der Waals surface area contributed by atoms with Crippen molar-refractivity contribution in [3.05, 3.63) is 22.4 Å². The van der Waals surface area contributed by atoms with E-state index in [0.717, 1.165) is 12.6 Å². The van der Waals surface area contributed by atoms with Gasteiger partial charge in [0, 0.05) is 49.7 Å². The predicted octanol–water partition coefficient (Wildman–Crippen LogP) is 2.57. The molecular formula is C16H27N3S. The van der Waals surface area contributed by atoms with Crippen LogP contribution in [-0.4, -0.2) is 55.1 Å². The lowest BCUT2D eigenvalue weighted by atomic mass is 9.99. The van der Waals surface area contributed by atoms with Crippen molar-refractivity contribution < 1.29 is 0 Å². The molecule has 112 valence electrons. The van der Waals surface area contributed by atoms with E-state index in [4.69, 9.17) is 0 Å². The average Bonchev–Trinajstić information content (AvgIpc) is 3.01. The van der Waals surface area contributed by atoms with E-state index < -0.39 is 0 Å². The van der Waals surface area contributed by atoms with Gasteiger partial charge in [-0.3, -0.25) is 9.80 Å². The number of rotatable bonds is 5. The third-order valence-electron chi connectivity index (χ3n) is 4.77. The molecule has 2 aliphatic rings. The van der Waals surface area contributed by atoms with Gasteiger partial charge in [-0.05, 0) is 37.8 Å². The number of hydrogen-bond acceptors (Lipinski definition) is 4. The highest BCUT2D eigenvalue weighted by Crippen LogP contribution is 2.21. The van der Waals surface area contributed by atoms with E-state index in [2.05, 4.69) is 39.6 Å². The fraction of sp³-hybridized carbons (Fsp3) is 0.750. The molecule has 3 nitrogen and oxygen atoms in total. The first kappa shape index (κ1) is 14.5. The van der Waals surface area contributed by atoms with Crippen LogP contribution in [0.2, 0.25) is 0 Å². The molecule has 0 aliphatic carbocycles. The van der Waals surface area contributed by atoms with Gasteiger partial charge in [0.1, 0.15) is 0 Å². The minimum absolute atomic E-state index is 0.492. The maximum absolute atomic E-state index is 3.66. The molecule has 1 N–H and O–H groups in total. The maximum atomic E-state index is 3.66. The number of piperazine rings is 1. The molecule has 4 heteroatoms. The quantitative estimate of drug-likeness (QED) is 0.900. The highest BCUT2D eigenvalue weighted by atomic mass is 32.1. The highest BCUT2D eigenvalue weighted by molar-refractivity contribution is 7.10. The van der Waals surface area contributed by atoms with Gasteiger partial charge in [0.15, 0.2) is 0 Å². The van der Waals surface area contributed by atoms with Gasteiger partial charge in [-0.25, -0.2) is 0 Å². The lowest BCUT2D eigenvalue weighted by Crippen LogP contribution is -2.55. The molecule has 3 heterocycles. The zero-order valence-corrected chi connectivity index (χ0v) is 13.4. The molecule has 3 rings (SSSR count). The van der Waals surface area contributed by atoms with Crippen molar-refractivity contribution in [3.8, 4) is 0 Å². The molecule has 2 fully saturated rings. The summed E-state index contributed by atoms with van der Waals surface area (Å²) in [6.45, 7) is 9.73. The predicted molar refractivity (Wildman–Crippen MR) is 86.4 cm³/mol. The number of nitrogens with zero attached hydrogens (tertiary/aromatic N) is 2. The van der Waals surface area contributed by atoms with Crippen LogP contribution in [0.15, 0.2) is 17.5 Å². The van der Waals surface area contributed by atoms with Crippen molar-refractivity contribution in [3.63, 3.8) is 0 Å². The summed E-state index contributed by atoms with van der Waals surface area (Å²) in [6.07, 6.45) is 4.26. The molecule has 0 spiro atoms. The first-order valence-corrected chi connectivity index (χ1v) is 8.94. The van der Waals surface area contributed by atoms with Crippen LogP contribution in [-0.2, 0) is 0 Å². The smallest absolute Gasteiger partial charge is 0.0386 e. The second-order valence-corrected chi connectivity index (χ2v) is 7.16. The Morgan fingerprint density at radius 2 is 2.30 bits per heavy atom. The van der Waals surface area contributed by atoms with Gasteiger partial charge >= 0.3 is 0 Å². The molecule has 1 aromatic heterocycles. The van der Waals surface area contributed by atoms with Gasteiger partial charge < -0.3 is 5.32 Å².